The molecule has 168 valence electrons. The zero-order valence-electron chi connectivity index (χ0n) is 18.1. The Morgan fingerprint density at radius 3 is 2.45 bits per heavy atom. The maximum atomic E-state index is 13.2. The normalized spacial score (nSPS) is 11.0. The van der Waals surface area contributed by atoms with Crippen LogP contribution >= 0.6 is 0 Å². The Labute approximate surface area is 186 Å². The van der Waals surface area contributed by atoms with Crippen molar-refractivity contribution in [3.8, 4) is 0 Å². The highest BCUT2D eigenvalue weighted by Crippen LogP contribution is 2.22. The van der Waals surface area contributed by atoms with E-state index in [-0.39, 0.29) is 22.8 Å². The minimum Gasteiger partial charge on any atom is -0.327 e. The van der Waals surface area contributed by atoms with Crippen LogP contribution in [0.25, 0.3) is 11.0 Å². The van der Waals surface area contributed by atoms with Crippen molar-refractivity contribution in [2.24, 2.45) is 14.1 Å². The molecule has 9 nitrogen and oxygen atoms in total. The highest BCUT2D eigenvalue weighted by atomic mass is 19.1. The molecule has 4 rings (SSSR count). The number of rotatable bonds is 5. The van der Waals surface area contributed by atoms with Crippen LogP contribution in [-0.4, -0.2) is 30.4 Å². The van der Waals surface area contributed by atoms with Gasteiger partial charge in [0.1, 0.15) is 17.2 Å². The molecule has 3 aromatic heterocycles. The fourth-order valence-corrected chi connectivity index (χ4v) is 3.59. The SMILES string of the molecule is Cc1c(NC(=O)C(=O)c2cn(Cc3ccc(F)cc3)c3ncccc23)c(=O)n(C)c(=O)n1C. The molecule has 0 saturated carbocycles. The van der Waals surface area contributed by atoms with E-state index < -0.39 is 22.9 Å². The Kier molecular flexibility index (Phi) is 5.50. The monoisotopic (exact) mass is 449 g/mol. The topological polar surface area (TPSA) is 108 Å². The molecule has 0 aliphatic rings. The van der Waals surface area contributed by atoms with Gasteiger partial charge >= 0.3 is 5.69 Å². The van der Waals surface area contributed by atoms with Crippen molar-refractivity contribution in [2.75, 3.05) is 5.32 Å². The van der Waals surface area contributed by atoms with Crippen LogP contribution in [-0.2, 0) is 25.4 Å². The molecule has 0 aliphatic carbocycles. The maximum absolute atomic E-state index is 13.2. The number of aromatic nitrogens is 4. The molecule has 0 unspecified atom stereocenters. The van der Waals surface area contributed by atoms with E-state index in [1.165, 1.54) is 43.9 Å². The first-order chi connectivity index (χ1) is 15.7. The van der Waals surface area contributed by atoms with Gasteiger partial charge < -0.3 is 9.88 Å². The van der Waals surface area contributed by atoms with Gasteiger partial charge in [-0.1, -0.05) is 12.1 Å². The van der Waals surface area contributed by atoms with Gasteiger partial charge in [-0.15, -0.1) is 0 Å². The van der Waals surface area contributed by atoms with Crippen molar-refractivity contribution in [1.29, 1.82) is 0 Å². The Morgan fingerprint density at radius 1 is 1.06 bits per heavy atom. The number of pyridine rings is 1. The van der Waals surface area contributed by atoms with Crippen molar-refractivity contribution in [3.63, 3.8) is 0 Å². The van der Waals surface area contributed by atoms with Crippen LogP contribution in [0.15, 0.2) is 58.4 Å². The number of hydrogen-bond acceptors (Lipinski definition) is 5. The Hall–Kier alpha value is -4.34. The molecule has 4 aromatic rings. The standard InChI is InChI=1S/C23H20FN5O4/c1-13-18(22(32)28(3)23(33)27(13)2)26-21(31)19(30)17-12-29(20-16(17)5-4-10-25-20)11-14-6-8-15(24)9-7-14/h4-10,12H,11H2,1-3H3,(H,26,31). The molecule has 1 amide bonds. The van der Waals surface area contributed by atoms with Crippen molar-refractivity contribution in [2.45, 2.75) is 13.5 Å². The van der Waals surface area contributed by atoms with Gasteiger partial charge in [0.25, 0.3) is 17.2 Å². The summed E-state index contributed by atoms with van der Waals surface area (Å²) in [6.45, 7) is 1.81. The largest absolute Gasteiger partial charge is 0.330 e. The Balaban J connectivity index is 1.71. The molecule has 0 atom stereocenters. The van der Waals surface area contributed by atoms with Crippen LogP contribution in [0.5, 0.6) is 0 Å². The van der Waals surface area contributed by atoms with Crippen molar-refractivity contribution >= 4 is 28.4 Å². The van der Waals surface area contributed by atoms with E-state index >= 15 is 0 Å². The lowest BCUT2D eigenvalue weighted by Crippen LogP contribution is -2.41. The van der Waals surface area contributed by atoms with Crippen LogP contribution in [0.2, 0.25) is 0 Å². The summed E-state index contributed by atoms with van der Waals surface area (Å²) < 4.78 is 17.0. The van der Waals surface area contributed by atoms with Crippen LogP contribution in [0.4, 0.5) is 10.1 Å². The van der Waals surface area contributed by atoms with Gasteiger partial charge in [-0.05, 0) is 36.8 Å². The van der Waals surface area contributed by atoms with Crippen molar-refractivity contribution in [1.82, 2.24) is 18.7 Å². The van der Waals surface area contributed by atoms with E-state index in [1.807, 2.05) is 0 Å². The second kappa shape index (κ2) is 8.30. The number of carbonyl (C=O) groups excluding carboxylic acids is 2. The molecule has 10 heteroatoms. The molecule has 3 heterocycles. The first-order valence-electron chi connectivity index (χ1n) is 9.99. The lowest BCUT2D eigenvalue weighted by Gasteiger charge is -2.12. The van der Waals surface area contributed by atoms with Crippen molar-refractivity contribution < 1.29 is 14.0 Å². The third-order valence-electron chi connectivity index (χ3n) is 5.55. The average molecular weight is 449 g/mol. The van der Waals surface area contributed by atoms with Gasteiger partial charge in [-0.2, -0.15) is 0 Å². The number of Topliss-reactive ketones (excluding diaryl/α,β-unsaturated/α-hetero) is 1. The minimum absolute atomic E-state index is 0.108. The predicted molar refractivity (Wildman–Crippen MR) is 120 cm³/mol. The molecular weight excluding hydrogens is 429 g/mol. The van der Waals surface area contributed by atoms with E-state index in [9.17, 15) is 23.6 Å². The van der Waals surface area contributed by atoms with E-state index in [0.717, 1.165) is 10.1 Å². The number of nitrogens with zero attached hydrogens (tertiary/aromatic N) is 4. The fourth-order valence-electron chi connectivity index (χ4n) is 3.59. The maximum Gasteiger partial charge on any atom is 0.330 e. The van der Waals surface area contributed by atoms with E-state index in [2.05, 4.69) is 10.3 Å². The number of amides is 1. The third-order valence-corrected chi connectivity index (χ3v) is 5.55. The van der Waals surface area contributed by atoms with Gasteiger partial charge in [0.15, 0.2) is 0 Å². The zero-order valence-corrected chi connectivity index (χ0v) is 18.1. The molecule has 33 heavy (non-hydrogen) atoms. The molecule has 0 spiro atoms. The van der Waals surface area contributed by atoms with Crippen LogP contribution < -0.4 is 16.6 Å². The molecule has 0 bridgehead atoms. The number of benzene rings is 1. The van der Waals surface area contributed by atoms with Gasteiger partial charge in [0, 0.05) is 44.1 Å². The van der Waals surface area contributed by atoms with Gasteiger partial charge in [-0.3, -0.25) is 23.5 Å². The van der Waals surface area contributed by atoms with Gasteiger partial charge in [0.2, 0.25) is 0 Å². The molecular formula is C23H20FN5O4. The second-order valence-corrected chi connectivity index (χ2v) is 7.62. The quantitative estimate of drug-likeness (QED) is 0.369. The summed E-state index contributed by atoms with van der Waals surface area (Å²) in [6, 6.07) is 9.23. The van der Waals surface area contributed by atoms with Gasteiger partial charge in [0.05, 0.1) is 5.56 Å². The van der Waals surface area contributed by atoms with Gasteiger partial charge in [-0.25, -0.2) is 14.2 Å². The summed E-state index contributed by atoms with van der Waals surface area (Å²) in [5.74, 6) is -2.23. The Morgan fingerprint density at radius 2 is 1.76 bits per heavy atom. The van der Waals surface area contributed by atoms with E-state index in [4.69, 9.17) is 0 Å². The highest BCUT2D eigenvalue weighted by Gasteiger charge is 2.24. The number of ketones is 1. The summed E-state index contributed by atoms with van der Waals surface area (Å²) in [5.41, 5.74) is 0.195. The summed E-state index contributed by atoms with van der Waals surface area (Å²) >= 11 is 0. The predicted octanol–water partition coefficient (Wildman–Crippen LogP) is 1.75. The second-order valence-electron chi connectivity index (χ2n) is 7.62. The molecule has 1 aromatic carbocycles. The van der Waals surface area contributed by atoms with Crippen molar-refractivity contribution in [3.05, 3.63) is 92.3 Å². The number of hydrogen-bond donors (Lipinski definition) is 1. The summed E-state index contributed by atoms with van der Waals surface area (Å²) in [7, 11) is 2.75. The Bertz CT molecular complexity index is 1530. The molecule has 0 aliphatic heterocycles. The summed E-state index contributed by atoms with van der Waals surface area (Å²) in [6.07, 6.45) is 3.07. The lowest BCUT2D eigenvalue weighted by molar-refractivity contribution is -0.112. The van der Waals surface area contributed by atoms with Crippen LogP contribution in [0.3, 0.4) is 0 Å². The molecule has 1 N–H and O–H groups in total. The summed E-state index contributed by atoms with van der Waals surface area (Å²) in [5, 5.41) is 2.83. The average Bonchev–Trinajstić information content (AvgIpc) is 3.18. The number of carbonyl (C=O) groups is 2. The first kappa shape index (κ1) is 21.9. The highest BCUT2D eigenvalue weighted by molar-refractivity contribution is 6.48. The first-order valence-corrected chi connectivity index (χ1v) is 9.99. The number of anilines is 1. The number of fused-ring (bicyclic) bond motifs is 1. The molecule has 0 fully saturated rings. The lowest BCUT2D eigenvalue weighted by atomic mass is 10.1. The summed E-state index contributed by atoms with van der Waals surface area (Å²) in [4.78, 5) is 54.7. The number of nitrogens with one attached hydrogen (secondary N) is 1. The fraction of sp³-hybridized carbons (Fsp3) is 0.174. The van der Waals surface area contributed by atoms with Crippen LogP contribution in [0, 0.1) is 12.7 Å². The van der Waals surface area contributed by atoms with E-state index in [1.54, 1.807) is 35.0 Å². The number of halogens is 1. The van der Waals surface area contributed by atoms with E-state index in [0.29, 0.717) is 17.6 Å². The third kappa shape index (κ3) is 3.86. The smallest absolute Gasteiger partial charge is 0.327 e. The molecule has 0 radical (unpaired) electrons. The minimum atomic E-state index is -1.02. The van der Waals surface area contributed by atoms with Crippen LogP contribution in [0.1, 0.15) is 21.6 Å². The molecule has 0 saturated heterocycles. The zero-order chi connectivity index (χ0) is 23.9.